The van der Waals surface area contributed by atoms with Crippen LogP contribution in [0.25, 0.3) is 0 Å². The predicted octanol–water partition coefficient (Wildman–Crippen LogP) is 0.706. The van der Waals surface area contributed by atoms with Gasteiger partial charge in [-0.25, -0.2) is 0 Å². The van der Waals surface area contributed by atoms with E-state index in [1.54, 1.807) is 11.8 Å². The summed E-state index contributed by atoms with van der Waals surface area (Å²) in [7, 11) is 0. The van der Waals surface area contributed by atoms with Crippen molar-refractivity contribution in [2.75, 3.05) is 39.4 Å². The average Bonchev–Trinajstić information content (AvgIpc) is 2.87. The Balaban J connectivity index is 1.61. The minimum absolute atomic E-state index is 0.210. The number of carbonyl (C=O) groups excluding carboxylic acids is 1. The van der Waals surface area contributed by atoms with Crippen LogP contribution in [0.3, 0.4) is 0 Å². The van der Waals surface area contributed by atoms with Gasteiger partial charge in [-0.05, 0) is 6.42 Å². The van der Waals surface area contributed by atoms with Crippen molar-refractivity contribution in [2.24, 2.45) is 4.99 Å². The van der Waals surface area contributed by atoms with Crippen molar-refractivity contribution in [2.45, 2.75) is 25.0 Å². The molecule has 1 fully saturated rings. The first-order valence-electron chi connectivity index (χ1n) is 6.60. The maximum Gasteiger partial charge on any atom is 0.224 e. The summed E-state index contributed by atoms with van der Waals surface area (Å²) in [6.45, 7) is 6.55. The van der Waals surface area contributed by atoms with Crippen LogP contribution in [-0.4, -0.2) is 60.6 Å². The quantitative estimate of drug-likeness (QED) is 0.818. The summed E-state index contributed by atoms with van der Waals surface area (Å²) in [6.07, 6.45) is 1.68. The third-order valence-electron chi connectivity index (χ3n) is 3.15. The molecule has 18 heavy (non-hydrogen) atoms. The van der Waals surface area contributed by atoms with Gasteiger partial charge in [-0.1, -0.05) is 18.7 Å². The van der Waals surface area contributed by atoms with Gasteiger partial charge >= 0.3 is 0 Å². The number of ether oxygens (including phenoxy) is 1. The molecule has 1 amide bonds. The molecule has 0 aliphatic carbocycles. The van der Waals surface area contributed by atoms with Crippen molar-refractivity contribution < 1.29 is 9.53 Å². The molecule has 102 valence electrons. The van der Waals surface area contributed by atoms with Gasteiger partial charge in [0, 0.05) is 31.3 Å². The Morgan fingerprint density at radius 2 is 2.33 bits per heavy atom. The molecule has 0 radical (unpaired) electrons. The second kappa shape index (κ2) is 6.99. The lowest BCUT2D eigenvalue weighted by Crippen LogP contribution is -2.41. The van der Waals surface area contributed by atoms with E-state index >= 15 is 0 Å². The molecule has 0 saturated carbocycles. The molecule has 1 unspecified atom stereocenters. The number of hydrogen-bond acceptors (Lipinski definition) is 5. The molecule has 0 bridgehead atoms. The van der Waals surface area contributed by atoms with Crippen molar-refractivity contribution >= 4 is 22.8 Å². The van der Waals surface area contributed by atoms with E-state index in [1.807, 2.05) is 4.90 Å². The Morgan fingerprint density at radius 3 is 3.00 bits per heavy atom. The standard InChI is InChI=1S/C12H21N3O2S/c1-2-10-9-14-12(18-10)13-4-3-11(16)15-5-7-17-8-6-15/h10H,2-9H2,1H3,(H,13,14). The molecule has 0 spiro atoms. The van der Waals surface area contributed by atoms with Crippen molar-refractivity contribution in [3.8, 4) is 0 Å². The van der Waals surface area contributed by atoms with E-state index in [0.717, 1.165) is 31.2 Å². The summed E-state index contributed by atoms with van der Waals surface area (Å²) in [5.41, 5.74) is 0. The normalized spacial score (nSPS) is 23.9. The molecule has 0 aromatic carbocycles. The Hall–Kier alpha value is -0.750. The van der Waals surface area contributed by atoms with Crippen molar-refractivity contribution in [1.82, 2.24) is 10.2 Å². The van der Waals surface area contributed by atoms with Crippen LogP contribution in [0.5, 0.6) is 0 Å². The van der Waals surface area contributed by atoms with Gasteiger partial charge < -0.3 is 15.0 Å². The number of amidine groups is 1. The average molecular weight is 271 g/mol. The summed E-state index contributed by atoms with van der Waals surface area (Å²) in [6, 6.07) is 0. The Kier molecular flexibility index (Phi) is 5.31. The first-order chi connectivity index (χ1) is 8.79. The molecule has 2 aliphatic rings. The molecule has 0 aromatic heterocycles. The third-order valence-corrected chi connectivity index (χ3v) is 4.46. The lowest BCUT2D eigenvalue weighted by Gasteiger charge is -2.26. The summed E-state index contributed by atoms with van der Waals surface area (Å²) in [5.74, 6) is 0.210. The molecule has 2 rings (SSSR count). The highest BCUT2D eigenvalue weighted by Crippen LogP contribution is 2.21. The van der Waals surface area contributed by atoms with Crippen molar-refractivity contribution in [3.63, 3.8) is 0 Å². The Labute approximate surface area is 112 Å². The summed E-state index contributed by atoms with van der Waals surface area (Å²) in [4.78, 5) is 18.2. The van der Waals surface area contributed by atoms with E-state index in [4.69, 9.17) is 4.74 Å². The molecule has 1 saturated heterocycles. The maximum atomic E-state index is 11.9. The van der Waals surface area contributed by atoms with Crippen LogP contribution < -0.4 is 5.32 Å². The second-order valence-corrected chi connectivity index (χ2v) is 5.75. The van der Waals surface area contributed by atoms with Crippen LogP contribution in [0.1, 0.15) is 19.8 Å². The lowest BCUT2D eigenvalue weighted by atomic mass is 10.3. The first kappa shape index (κ1) is 13.7. The predicted molar refractivity (Wildman–Crippen MR) is 74.0 cm³/mol. The topological polar surface area (TPSA) is 53.9 Å². The number of morpholine rings is 1. The summed E-state index contributed by atoms with van der Waals surface area (Å²) in [5, 5.41) is 4.86. The summed E-state index contributed by atoms with van der Waals surface area (Å²) >= 11 is 1.79. The number of nitrogens with one attached hydrogen (secondary N) is 1. The van der Waals surface area contributed by atoms with E-state index in [1.165, 1.54) is 0 Å². The largest absolute Gasteiger partial charge is 0.378 e. The molecule has 2 aliphatic heterocycles. The fraction of sp³-hybridized carbons (Fsp3) is 0.833. The Morgan fingerprint density at radius 1 is 1.56 bits per heavy atom. The number of rotatable bonds is 4. The van der Waals surface area contributed by atoms with Crippen LogP contribution in [0.15, 0.2) is 4.99 Å². The van der Waals surface area contributed by atoms with Crippen LogP contribution in [-0.2, 0) is 9.53 Å². The number of aliphatic imine (C=N–C) groups is 1. The van der Waals surface area contributed by atoms with Crippen LogP contribution in [0.4, 0.5) is 0 Å². The highest BCUT2D eigenvalue weighted by molar-refractivity contribution is 8.14. The molecule has 6 heteroatoms. The monoisotopic (exact) mass is 271 g/mol. The third kappa shape index (κ3) is 3.88. The molecule has 5 nitrogen and oxygen atoms in total. The Bertz CT molecular complexity index is 316. The van der Waals surface area contributed by atoms with E-state index in [0.29, 0.717) is 31.4 Å². The number of nitrogens with zero attached hydrogens (tertiary/aromatic N) is 2. The van der Waals surface area contributed by atoms with E-state index in [9.17, 15) is 4.79 Å². The SMILES string of the molecule is CCC1CN=C(NCCC(=O)N2CCOCC2)S1. The van der Waals surface area contributed by atoms with Crippen LogP contribution >= 0.6 is 11.8 Å². The van der Waals surface area contributed by atoms with Gasteiger partial charge in [-0.3, -0.25) is 9.79 Å². The minimum atomic E-state index is 0.210. The minimum Gasteiger partial charge on any atom is -0.378 e. The van der Waals surface area contributed by atoms with Crippen LogP contribution in [0.2, 0.25) is 0 Å². The number of thioether (sulfide) groups is 1. The number of amides is 1. The van der Waals surface area contributed by atoms with Crippen molar-refractivity contribution in [1.29, 1.82) is 0 Å². The van der Waals surface area contributed by atoms with Gasteiger partial charge in [-0.2, -0.15) is 0 Å². The molecule has 1 N–H and O–H groups in total. The zero-order chi connectivity index (χ0) is 12.8. The molecular formula is C12H21N3O2S. The van der Waals surface area contributed by atoms with Gasteiger partial charge in [0.15, 0.2) is 5.17 Å². The van der Waals surface area contributed by atoms with Gasteiger partial charge in [-0.15, -0.1) is 0 Å². The second-order valence-electron chi connectivity index (χ2n) is 4.46. The highest BCUT2D eigenvalue weighted by atomic mass is 32.2. The smallest absolute Gasteiger partial charge is 0.224 e. The maximum absolute atomic E-state index is 11.9. The zero-order valence-electron chi connectivity index (χ0n) is 10.9. The zero-order valence-corrected chi connectivity index (χ0v) is 11.7. The van der Waals surface area contributed by atoms with Gasteiger partial charge in [0.25, 0.3) is 0 Å². The van der Waals surface area contributed by atoms with E-state index in [2.05, 4.69) is 17.2 Å². The van der Waals surface area contributed by atoms with Crippen molar-refractivity contribution in [3.05, 3.63) is 0 Å². The van der Waals surface area contributed by atoms with Gasteiger partial charge in [0.2, 0.25) is 5.91 Å². The van der Waals surface area contributed by atoms with Gasteiger partial charge in [0.05, 0.1) is 19.8 Å². The molecule has 1 atom stereocenters. The fourth-order valence-electron chi connectivity index (χ4n) is 1.97. The molecule has 2 heterocycles. The first-order valence-corrected chi connectivity index (χ1v) is 7.48. The van der Waals surface area contributed by atoms with Crippen LogP contribution in [0, 0.1) is 0 Å². The number of carbonyl (C=O) groups is 1. The lowest BCUT2D eigenvalue weighted by molar-refractivity contribution is -0.135. The fourth-order valence-corrected chi connectivity index (χ4v) is 2.94. The number of hydrogen-bond donors (Lipinski definition) is 1. The molecular weight excluding hydrogens is 250 g/mol. The van der Waals surface area contributed by atoms with E-state index in [-0.39, 0.29) is 5.91 Å². The summed E-state index contributed by atoms with van der Waals surface area (Å²) < 4.78 is 5.23. The van der Waals surface area contributed by atoms with Gasteiger partial charge in [0.1, 0.15) is 0 Å². The molecule has 0 aromatic rings. The highest BCUT2D eigenvalue weighted by Gasteiger charge is 2.19. The van der Waals surface area contributed by atoms with E-state index < -0.39 is 0 Å².